The van der Waals surface area contributed by atoms with Crippen molar-refractivity contribution < 1.29 is 13.2 Å². The molecule has 124 valence electrons. The van der Waals surface area contributed by atoms with Gasteiger partial charge < -0.3 is 5.32 Å². The van der Waals surface area contributed by atoms with E-state index >= 15 is 0 Å². The van der Waals surface area contributed by atoms with E-state index in [-0.39, 0.29) is 17.3 Å². The Morgan fingerprint density at radius 2 is 2.08 bits per heavy atom. The fourth-order valence-corrected chi connectivity index (χ4v) is 3.29. The Bertz CT molecular complexity index is 1000. The number of aromatic nitrogens is 2. The zero-order chi connectivity index (χ0) is 17.2. The lowest BCUT2D eigenvalue weighted by Gasteiger charge is -2.04. The Balaban J connectivity index is 1.59. The number of carbonyl (C=O) groups is 1. The monoisotopic (exact) mass is 362 g/mol. The van der Waals surface area contributed by atoms with Gasteiger partial charge in [0.15, 0.2) is 4.96 Å². The summed E-state index contributed by atoms with van der Waals surface area (Å²) in [6.45, 7) is 0.286. The maximum absolute atomic E-state index is 11.9. The number of nitrogens with zero attached hydrogens (tertiary/aromatic N) is 2. The van der Waals surface area contributed by atoms with Gasteiger partial charge in [0.05, 0.1) is 16.8 Å². The predicted octanol–water partition coefficient (Wildman–Crippen LogP) is 1.37. The summed E-state index contributed by atoms with van der Waals surface area (Å²) in [5, 5.41) is 9.68. The van der Waals surface area contributed by atoms with Gasteiger partial charge in [0.25, 0.3) is 0 Å². The zero-order valence-corrected chi connectivity index (χ0v) is 14.0. The van der Waals surface area contributed by atoms with Crippen LogP contribution >= 0.6 is 11.3 Å². The van der Waals surface area contributed by atoms with Crippen LogP contribution in [0.25, 0.3) is 11.0 Å². The van der Waals surface area contributed by atoms with Crippen LogP contribution < -0.4 is 10.5 Å². The first-order valence-corrected chi connectivity index (χ1v) is 9.34. The minimum absolute atomic E-state index is 0.0398. The van der Waals surface area contributed by atoms with Crippen molar-refractivity contribution in [2.75, 3.05) is 0 Å². The molecule has 0 aliphatic heterocycles. The van der Waals surface area contributed by atoms with E-state index in [1.165, 1.54) is 29.5 Å². The molecule has 0 unspecified atom stereocenters. The Morgan fingerprint density at radius 3 is 2.79 bits per heavy atom. The van der Waals surface area contributed by atoms with Gasteiger partial charge in [-0.1, -0.05) is 12.1 Å². The van der Waals surface area contributed by atoms with E-state index in [2.05, 4.69) is 10.3 Å². The van der Waals surface area contributed by atoms with Gasteiger partial charge in [-0.3, -0.25) is 9.20 Å². The summed E-state index contributed by atoms with van der Waals surface area (Å²) in [5.74, 6) is -0.254. The highest BCUT2D eigenvalue weighted by atomic mass is 32.2. The fourth-order valence-electron chi connectivity index (χ4n) is 2.07. The van der Waals surface area contributed by atoms with E-state index in [0.29, 0.717) is 0 Å². The maximum atomic E-state index is 11.9. The van der Waals surface area contributed by atoms with E-state index in [4.69, 9.17) is 5.14 Å². The van der Waals surface area contributed by atoms with E-state index in [0.717, 1.165) is 16.2 Å². The quantitative estimate of drug-likeness (QED) is 0.669. The molecule has 0 saturated heterocycles. The average Bonchev–Trinajstić information content (AvgIpc) is 3.14. The molecule has 0 atom stereocenters. The second kappa shape index (κ2) is 6.56. The molecule has 2 aromatic heterocycles. The SMILES string of the molecule is NS(=O)(=O)c1ccc(CNC(=O)/C=C/c2cnc3sccn23)cc1. The first-order valence-electron chi connectivity index (χ1n) is 6.92. The largest absolute Gasteiger partial charge is 0.348 e. The smallest absolute Gasteiger partial charge is 0.244 e. The van der Waals surface area contributed by atoms with Gasteiger partial charge in [0, 0.05) is 24.2 Å². The number of sulfonamides is 1. The molecule has 3 rings (SSSR count). The van der Waals surface area contributed by atoms with E-state index < -0.39 is 10.0 Å². The number of benzene rings is 1. The van der Waals surface area contributed by atoms with Crippen molar-refractivity contribution in [2.45, 2.75) is 11.4 Å². The van der Waals surface area contributed by atoms with Gasteiger partial charge >= 0.3 is 0 Å². The molecule has 9 heteroatoms. The summed E-state index contributed by atoms with van der Waals surface area (Å²) >= 11 is 1.52. The number of thiazole rings is 1. The highest BCUT2D eigenvalue weighted by molar-refractivity contribution is 7.89. The Kier molecular flexibility index (Phi) is 4.47. The summed E-state index contributed by atoms with van der Waals surface area (Å²) in [6, 6.07) is 6.03. The van der Waals surface area contributed by atoms with Crippen molar-refractivity contribution in [3.8, 4) is 0 Å². The molecular formula is C15H14N4O3S2. The minimum Gasteiger partial charge on any atom is -0.348 e. The predicted molar refractivity (Wildman–Crippen MR) is 91.8 cm³/mol. The molecule has 3 aromatic rings. The third-order valence-corrected chi connectivity index (χ3v) is 5.00. The molecule has 0 spiro atoms. The summed E-state index contributed by atoms with van der Waals surface area (Å²) in [7, 11) is -3.70. The van der Waals surface area contributed by atoms with Gasteiger partial charge in [-0.05, 0) is 23.8 Å². The molecule has 1 aromatic carbocycles. The number of nitrogens with one attached hydrogen (secondary N) is 1. The standard InChI is InChI=1S/C15H14N4O3S2/c16-24(21,22)13-4-1-11(2-5-13)9-17-14(20)6-3-12-10-18-15-19(12)7-8-23-15/h1-8,10H,9H2,(H,17,20)(H2,16,21,22)/b6-3+. The molecule has 3 N–H and O–H groups in total. The van der Waals surface area contributed by atoms with Crippen LogP contribution in [0.5, 0.6) is 0 Å². The van der Waals surface area contributed by atoms with E-state index in [1.54, 1.807) is 24.4 Å². The van der Waals surface area contributed by atoms with Gasteiger partial charge in [-0.15, -0.1) is 11.3 Å². The summed E-state index contributed by atoms with van der Waals surface area (Å²) in [6.07, 6.45) is 6.70. The maximum Gasteiger partial charge on any atom is 0.244 e. The number of amides is 1. The van der Waals surface area contributed by atoms with Gasteiger partial charge in [0.1, 0.15) is 0 Å². The molecule has 0 saturated carbocycles. The Morgan fingerprint density at radius 1 is 1.33 bits per heavy atom. The van der Waals surface area contributed by atoms with Gasteiger partial charge in [0.2, 0.25) is 15.9 Å². The number of rotatable bonds is 5. The number of hydrogen-bond donors (Lipinski definition) is 2. The van der Waals surface area contributed by atoms with Crippen LogP contribution in [0.2, 0.25) is 0 Å². The van der Waals surface area contributed by atoms with Crippen molar-refractivity contribution in [1.82, 2.24) is 14.7 Å². The van der Waals surface area contributed by atoms with Crippen LogP contribution in [-0.2, 0) is 21.4 Å². The molecule has 0 fully saturated rings. The van der Waals surface area contributed by atoms with Crippen molar-refractivity contribution in [1.29, 1.82) is 0 Å². The zero-order valence-electron chi connectivity index (χ0n) is 12.4. The highest BCUT2D eigenvalue weighted by Gasteiger charge is 2.07. The summed E-state index contributed by atoms with van der Waals surface area (Å²) in [4.78, 5) is 17.0. The number of nitrogens with two attached hydrogens (primary N) is 1. The first-order chi connectivity index (χ1) is 11.4. The third kappa shape index (κ3) is 3.70. The highest BCUT2D eigenvalue weighted by Crippen LogP contribution is 2.13. The number of hydrogen-bond acceptors (Lipinski definition) is 5. The van der Waals surface area contributed by atoms with Crippen LogP contribution in [0.1, 0.15) is 11.3 Å². The lowest BCUT2D eigenvalue weighted by molar-refractivity contribution is -0.116. The van der Waals surface area contributed by atoms with Crippen molar-refractivity contribution in [3.63, 3.8) is 0 Å². The van der Waals surface area contributed by atoms with E-state index in [1.807, 2.05) is 16.0 Å². The topological polar surface area (TPSA) is 107 Å². The first kappa shape index (κ1) is 16.4. The van der Waals surface area contributed by atoms with Crippen LogP contribution in [0, 0.1) is 0 Å². The lowest BCUT2D eigenvalue weighted by atomic mass is 10.2. The van der Waals surface area contributed by atoms with E-state index in [9.17, 15) is 13.2 Å². The summed E-state index contributed by atoms with van der Waals surface area (Å²) in [5.41, 5.74) is 1.59. The lowest BCUT2D eigenvalue weighted by Crippen LogP contribution is -2.20. The molecule has 7 nitrogen and oxygen atoms in total. The van der Waals surface area contributed by atoms with Crippen LogP contribution in [0.3, 0.4) is 0 Å². The normalized spacial score (nSPS) is 12.0. The second-order valence-electron chi connectivity index (χ2n) is 4.98. The van der Waals surface area contributed by atoms with Gasteiger partial charge in [-0.25, -0.2) is 18.5 Å². The van der Waals surface area contributed by atoms with Crippen LogP contribution in [-0.4, -0.2) is 23.7 Å². The molecule has 24 heavy (non-hydrogen) atoms. The Labute approximate surface area is 142 Å². The van der Waals surface area contributed by atoms with Crippen molar-refractivity contribution in [3.05, 3.63) is 59.4 Å². The minimum atomic E-state index is -3.70. The molecule has 0 radical (unpaired) electrons. The average molecular weight is 362 g/mol. The third-order valence-electron chi connectivity index (χ3n) is 3.30. The van der Waals surface area contributed by atoms with Crippen molar-refractivity contribution >= 4 is 38.3 Å². The van der Waals surface area contributed by atoms with Gasteiger partial charge in [-0.2, -0.15) is 0 Å². The number of imidazole rings is 1. The number of primary sulfonamides is 1. The molecule has 2 heterocycles. The Hall–Kier alpha value is -2.49. The summed E-state index contributed by atoms with van der Waals surface area (Å²) < 4.78 is 24.2. The molecule has 0 bridgehead atoms. The fraction of sp³-hybridized carbons (Fsp3) is 0.0667. The molecule has 1 amide bonds. The molecule has 0 aliphatic carbocycles. The van der Waals surface area contributed by atoms with Crippen molar-refractivity contribution in [2.24, 2.45) is 5.14 Å². The number of carbonyl (C=O) groups excluding carboxylic acids is 1. The molecular weight excluding hydrogens is 348 g/mol. The molecule has 0 aliphatic rings. The second-order valence-corrected chi connectivity index (χ2v) is 7.41. The van der Waals surface area contributed by atoms with Crippen LogP contribution in [0.15, 0.2) is 53.0 Å². The van der Waals surface area contributed by atoms with Crippen LogP contribution in [0.4, 0.5) is 0 Å². The number of fused-ring (bicyclic) bond motifs is 1.